The number of hydrogen-bond acceptors (Lipinski definition) is 5. The van der Waals surface area contributed by atoms with Gasteiger partial charge in [-0.25, -0.2) is 4.99 Å². The molecule has 0 saturated carbocycles. The van der Waals surface area contributed by atoms with E-state index in [1.54, 1.807) is 18.2 Å². The largest absolute Gasteiger partial charge is 0.481 e. The molecule has 0 fully saturated rings. The number of hydrogen-bond donors (Lipinski definition) is 4. The topological polar surface area (TPSA) is 127 Å². The first kappa shape index (κ1) is 30.6. The Labute approximate surface area is 257 Å². The van der Waals surface area contributed by atoms with Crippen LogP contribution in [0.3, 0.4) is 0 Å². The van der Waals surface area contributed by atoms with Gasteiger partial charge in [0.1, 0.15) is 0 Å². The van der Waals surface area contributed by atoms with Gasteiger partial charge in [0.2, 0.25) is 0 Å². The second-order valence-electron chi connectivity index (χ2n) is 11.6. The molecule has 0 spiro atoms. The van der Waals surface area contributed by atoms with E-state index in [-0.39, 0.29) is 25.7 Å². The van der Waals surface area contributed by atoms with Crippen molar-refractivity contribution >= 4 is 35.5 Å². The van der Waals surface area contributed by atoms with E-state index >= 15 is 0 Å². The van der Waals surface area contributed by atoms with Crippen LogP contribution < -0.4 is 16.0 Å². The highest BCUT2D eigenvalue weighted by Crippen LogP contribution is 2.54. The van der Waals surface area contributed by atoms with Gasteiger partial charge < -0.3 is 15.2 Å². The number of aliphatic imine (C=N–C) groups is 2. The van der Waals surface area contributed by atoms with Crippen molar-refractivity contribution in [2.45, 2.75) is 56.1 Å². The lowest BCUT2D eigenvalue weighted by Crippen LogP contribution is -2.59. The van der Waals surface area contributed by atoms with Gasteiger partial charge in [0.15, 0.2) is 0 Å². The third-order valence-corrected chi connectivity index (χ3v) is 9.42. The highest BCUT2D eigenvalue weighted by atomic mass is 16.4. The molecule has 5 heterocycles. The number of fused-ring (bicyclic) bond motifs is 6. The standard InChI is InChI=1S/C36H38N4O4/c1-7-28-29(8-2)35(10-4)23(6)36(18-17-33(43)44)30(15-16-32(41)42)22(5)31(39-36)20-26-12-11-24(37-26)19-25-13-14-27(38-25)21-34(28,9-3)40-35/h7-14,19-21,23,37,40H,1-4,15-18H2,5-6H3,(H,41,42)(H,43,44)/b24-19-,26-20-,27-21-. The predicted molar refractivity (Wildman–Crippen MR) is 176 cm³/mol. The Morgan fingerprint density at radius 1 is 0.977 bits per heavy atom. The number of nitrogens with zero attached hydrogens (tertiary/aromatic N) is 2. The number of aliphatic carboxylic acids is 2. The lowest BCUT2D eigenvalue weighted by Gasteiger charge is -2.47. The van der Waals surface area contributed by atoms with E-state index in [0.29, 0.717) is 5.71 Å². The van der Waals surface area contributed by atoms with Crippen LogP contribution in [0.2, 0.25) is 0 Å². The minimum absolute atomic E-state index is 0.121. The summed E-state index contributed by atoms with van der Waals surface area (Å²) in [7, 11) is 0. The Morgan fingerprint density at radius 2 is 1.66 bits per heavy atom. The van der Waals surface area contributed by atoms with Crippen LogP contribution in [0.25, 0.3) is 12.2 Å². The zero-order chi connectivity index (χ0) is 31.9. The van der Waals surface area contributed by atoms with Crippen molar-refractivity contribution in [3.05, 3.63) is 120 Å². The summed E-state index contributed by atoms with van der Waals surface area (Å²) in [6, 6.07) is 3.90. The average molecular weight is 591 g/mol. The third-order valence-electron chi connectivity index (χ3n) is 9.42. The third kappa shape index (κ3) is 4.85. The summed E-state index contributed by atoms with van der Waals surface area (Å²) in [4.78, 5) is 37.6. The van der Waals surface area contributed by atoms with Gasteiger partial charge in [-0.2, -0.15) is 0 Å². The Morgan fingerprint density at radius 3 is 2.27 bits per heavy atom. The second kappa shape index (κ2) is 11.4. The van der Waals surface area contributed by atoms with Gasteiger partial charge in [-0.3, -0.25) is 19.9 Å². The molecule has 4 aliphatic heterocycles. The quantitative estimate of drug-likeness (QED) is 0.299. The van der Waals surface area contributed by atoms with E-state index in [2.05, 4.69) is 36.6 Å². The van der Waals surface area contributed by atoms with Crippen LogP contribution >= 0.6 is 0 Å². The van der Waals surface area contributed by atoms with Crippen molar-refractivity contribution in [2.75, 3.05) is 0 Å². The molecule has 0 radical (unpaired) electrons. The molecule has 0 aromatic carbocycles. The van der Waals surface area contributed by atoms with Crippen LogP contribution in [0.5, 0.6) is 0 Å². The number of nitrogens with one attached hydrogen (secondary N) is 2. The number of aromatic nitrogens is 1. The molecule has 5 rings (SSSR count). The molecule has 4 aliphatic rings. The Hall–Kier alpha value is -4.82. The van der Waals surface area contributed by atoms with E-state index < -0.39 is 34.5 Å². The summed E-state index contributed by atoms with van der Waals surface area (Å²) in [5, 5.41) is 25.1. The first-order chi connectivity index (χ1) is 21.0. The van der Waals surface area contributed by atoms with Crippen LogP contribution in [-0.4, -0.2) is 55.2 Å². The van der Waals surface area contributed by atoms with E-state index in [0.717, 1.165) is 44.4 Å². The van der Waals surface area contributed by atoms with Gasteiger partial charge in [-0.1, -0.05) is 44.4 Å². The molecule has 8 bridgehead atoms. The van der Waals surface area contributed by atoms with Gasteiger partial charge >= 0.3 is 11.9 Å². The van der Waals surface area contributed by atoms with Gasteiger partial charge in [-0.15, -0.1) is 13.2 Å². The second-order valence-corrected chi connectivity index (χ2v) is 11.6. The number of allylic oxidation sites excluding steroid dienone is 3. The molecule has 1 aromatic rings. The van der Waals surface area contributed by atoms with Crippen molar-refractivity contribution < 1.29 is 19.8 Å². The summed E-state index contributed by atoms with van der Waals surface area (Å²) in [5.41, 5.74) is 2.41. The molecule has 8 nitrogen and oxygen atoms in total. The maximum atomic E-state index is 12.1. The number of carboxylic acids is 2. The van der Waals surface area contributed by atoms with Crippen molar-refractivity contribution in [3.8, 4) is 0 Å². The fourth-order valence-corrected chi connectivity index (χ4v) is 7.26. The molecule has 4 unspecified atom stereocenters. The van der Waals surface area contributed by atoms with Crippen LogP contribution in [0, 0.1) is 5.92 Å². The van der Waals surface area contributed by atoms with Crippen LogP contribution in [0.15, 0.2) is 119 Å². The minimum Gasteiger partial charge on any atom is -0.481 e. The predicted octanol–water partition coefficient (Wildman–Crippen LogP) is 4.48. The number of carbonyl (C=O) groups is 2. The highest BCUT2D eigenvalue weighted by Gasteiger charge is 2.58. The van der Waals surface area contributed by atoms with Gasteiger partial charge in [0.25, 0.3) is 0 Å². The van der Waals surface area contributed by atoms with Gasteiger partial charge in [0.05, 0.1) is 33.7 Å². The molecule has 0 saturated heterocycles. The molecule has 8 heteroatoms. The molecule has 226 valence electrons. The SMILES string of the molecule is C=CC1=C(C=C)C2(C=C)NC1(C=C)/C=C1/C=CC(=N1)/C=c1/cc/c([nH]1)=C/C1=NC(CCC(=O)O)(C(CCC(=O)O)=C1C)C2C. The van der Waals surface area contributed by atoms with Crippen LogP contribution in [0.4, 0.5) is 0 Å². The summed E-state index contributed by atoms with van der Waals surface area (Å²) in [5.74, 6) is -2.36. The maximum absolute atomic E-state index is 12.1. The molecule has 1 aromatic heterocycles. The molecule has 44 heavy (non-hydrogen) atoms. The Balaban J connectivity index is 1.90. The normalized spacial score (nSPS) is 31.6. The van der Waals surface area contributed by atoms with Crippen molar-refractivity contribution in [2.24, 2.45) is 15.9 Å². The minimum atomic E-state index is -1.09. The Kier molecular flexibility index (Phi) is 7.90. The van der Waals surface area contributed by atoms with Crippen LogP contribution in [-0.2, 0) is 9.59 Å². The van der Waals surface area contributed by atoms with Gasteiger partial charge in [-0.05, 0) is 84.6 Å². The number of rotatable bonds is 10. The molecule has 4 N–H and O–H groups in total. The zero-order valence-electron chi connectivity index (χ0n) is 25.2. The van der Waals surface area contributed by atoms with E-state index in [1.165, 1.54) is 0 Å². The fourth-order valence-electron chi connectivity index (χ4n) is 7.26. The number of H-pyrrole nitrogens is 1. The molecular formula is C36H38N4O4. The first-order valence-electron chi connectivity index (χ1n) is 14.7. The smallest absolute Gasteiger partial charge is 0.303 e. The van der Waals surface area contributed by atoms with E-state index in [1.807, 2.05) is 62.4 Å². The molecule has 0 aliphatic carbocycles. The maximum Gasteiger partial charge on any atom is 0.303 e. The molecular weight excluding hydrogens is 552 g/mol. The average Bonchev–Trinajstić information content (AvgIpc) is 3.75. The van der Waals surface area contributed by atoms with Crippen molar-refractivity contribution in [3.63, 3.8) is 0 Å². The summed E-state index contributed by atoms with van der Waals surface area (Å²) >= 11 is 0. The zero-order valence-corrected chi connectivity index (χ0v) is 25.2. The molecule has 0 amide bonds. The first-order valence-corrected chi connectivity index (χ1v) is 14.7. The van der Waals surface area contributed by atoms with Crippen LogP contribution in [0.1, 0.15) is 39.5 Å². The monoisotopic (exact) mass is 590 g/mol. The number of aromatic amines is 1. The van der Waals surface area contributed by atoms with Gasteiger partial charge in [0, 0.05) is 29.5 Å². The van der Waals surface area contributed by atoms with E-state index in [4.69, 9.17) is 9.98 Å². The summed E-state index contributed by atoms with van der Waals surface area (Å²) < 4.78 is 0. The summed E-state index contributed by atoms with van der Waals surface area (Å²) in [6.45, 7) is 20.8. The Bertz CT molecular complexity index is 1810. The van der Waals surface area contributed by atoms with E-state index in [9.17, 15) is 19.8 Å². The van der Waals surface area contributed by atoms with Crippen molar-refractivity contribution in [1.29, 1.82) is 0 Å². The number of carboxylic acid groups (broad SMARTS) is 2. The molecule has 4 atom stereocenters. The van der Waals surface area contributed by atoms with Crippen molar-refractivity contribution in [1.82, 2.24) is 10.3 Å². The lowest BCUT2D eigenvalue weighted by atomic mass is 9.64. The fraction of sp³-hybridized carbons (Fsp3) is 0.278. The highest BCUT2D eigenvalue weighted by molar-refractivity contribution is 6.22. The summed E-state index contributed by atoms with van der Waals surface area (Å²) in [6.07, 6.45) is 17.0. The lowest BCUT2D eigenvalue weighted by molar-refractivity contribution is -0.138.